The first-order valence-electron chi connectivity index (χ1n) is 8.81. The summed E-state index contributed by atoms with van der Waals surface area (Å²) in [7, 11) is -3.54. The maximum Gasteiger partial charge on any atom is 0.253 e. The summed E-state index contributed by atoms with van der Waals surface area (Å²) in [5.41, 5.74) is 2.67. The third-order valence-electron chi connectivity index (χ3n) is 4.88. The molecule has 138 valence electrons. The van der Waals surface area contributed by atoms with E-state index in [2.05, 4.69) is 0 Å². The van der Waals surface area contributed by atoms with E-state index in [1.165, 1.54) is 4.31 Å². The highest BCUT2D eigenvalue weighted by Gasteiger charge is 2.28. The van der Waals surface area contributed by atoms with E-state index in [9.17, 15) is 13.2 Å². The molecule has 1 fully saturated rings. The second kappa shape index (κ2) is 7.60. The van der Waals surface area contributed by atoms with Gasteiger partial charge in [-0.1, -0.05) is 24.3 Å². The van der Waals surface area contributed by atoms with Crippen LogP contribution >= 0.6 is 0 Å². The van der Waals surface area contributed by atoms with Gasteiger partial charge in [-0.25, -0.2) is 8.42 Å². The van der Waals surface area contributed by atoms with Crippen LogP contribution in [0.1, 0.15) is 27.9 Å². The van der Waals surface area contributed by atoms with Gasteiger partial charge in [-0.15, -0.1) is 0 Å². The minimum atomic E-state index is -3.54. The van der Waals surface area contributed by atoms with Crippen LogP contribution < -0.4 is 0 Å². The highest BCUT2D eigenvalue weighted by atomic mass is 32.2. The van der Waals surface area contributed by atoms with E-state index >= 15 is 0 Å². The number of hydrogen-bond acceptors (Lipinski definition) is 3. The highest BCUT2D eigenvalue weighted by Crippen LogP contribution is 2.21. The zero-order chi connectivity index (χ0) is 18.7. The molecular weight excluding hydrogens is 348 g/mol. The lowest BCUT2D eigenvalue weighted by atomic mass is 10.1. The van der Waals surface area contributed by atoms with Crippen LogP contribution in [0.4, 0.5) is 0 Å². The molecule has 0 bridgehead atoms. The molecule has 5 nitrogen and oxygen atoms in total. The number of benzene rings is 2. The predicted octanol–water partition coefficient (Wildman–Crippen LogP) is 2.84. The van der Waals surface area contributed by atoms with Gasteiger partial charge in [-0.05, 0) is 55.7 Å². The molecule has 0 spiro atoms. The van der Waals surface area contributed by atoms with Crippen molar-refractivity contribution in [2.24, 2.45) is 0 Å². The van der Waals surface area contributed by atoms with Crippen molar-refractivity contribution in [3.05, 3.63) is 65.2 Å². The second-order valence-electron chi connectivity index (χ2n) is 6.66. The van der Waals surface area contributed by atoms with E-state index in [0.717, 1.165) is 11.1 Å². The lowest BCUT2D eigenvalue weighted by molar-refractivity contribution is 0.0764. The fourth-order valence-electron chi connectivity index (χ4n) is 3.12. The number of carbonyl (C=O) groups is 1. The molecule has 3 rings (SSSR count). The minimum absolute atomic E-state index is 0.0453. The first-order valence-corrected chi connectivity index (χ1v) is 10.3. The number of amides is 1. The van der Waals surface area contributed by atoms with Crippen molar-refractivity contribution < 1.29 is 13.2 Å². The first kappa shape index (κ1) is 18.6. The van der Waals surface area contributed by atoms with Crippen molar-refractivity contribution in [3.8, 4) is 0 Å². The summed E-state index contributed by atoms with van der Waals surface area (Å²) >= 11 is 0. The zero-order valence-corrected chi connectivity index (χ0v) is 16.0. The van der Waals surface area contributed by atoms with Crippen LogP contribution in [0.2, 0.25) is 0 Å². The van der Waals surface area contributed by atoms with Gasteiger partial charge in [0.05, 0.1) is 4.90 Å². The third kappa shape index (κ3) is 3.81. The molecule has 6 heteroatoms. The number of sulfonamides is 1. The van der Waals surface area contributed by atoms with Crippen LogP contribution in [0.5, 0.6) is 0 Å². The molecule has 0 radical (unpaired) electrons. The lowest BCUT2D eigenvalue weighted by Crippen LogP contribution is -2.37. The van der Waals surface area contributed by atoms with Crippen molar-refractivity contribution in [2.75, 3.05) is 26.2 Å². The van der Waals surface area contributed by atoms with Crippen molar-refractivity contribution in [2.45, 2.75) is 25.2 Å². The maximum absolute atomic E-state index is 13.0. The van der Waals surface area contributed by atoms with Crippen LogP contribution in [0.3, 0.4) is 0 Å². The smallest absolute Gasteiger partial charge is 0.253 e. The van der Waals surface area contributed by atoms with E-state index < -0.39 is 10.0 Å². The Morgan fingerprint density at radius 1 is 0.885 bits per heavy atom. The Kier molecular flexibility index (Phi) is 5.44. The molecule has 0 unspecified atom stereocenters. The van der Waals surface area contributed by atoms with Crippen LogP contribution in [-0.2, 0) is 10.0 Å². The zero-order valence-electron chi connectivity index (χ0n) is 15.2. The molecule has 1 aliphatic rings. The fraction of sp³-hybridized carbons (Fsp3) is 0.350. The Morgan fingerprint density at radius 3 is 2.31 bits per heavy atom. The molecule has 1 aliphatic heterocycles. The number of aryl methyl sites for hydroxylation is 2. The lowest BCUT2D eigenvalue weighted by Gasteiger charge is -2.22. The molecule has 2 aromatic carbocycles. The normalized spacial score (nSPS) is 16.3. The molecule has 0 saturated carbocycles. The number of nitrogens with zero attached hydrogens (tertiary/aromatic N) is 2. The predicted molar refractivity (Wildman–Crippen MR) is 102 cm³/mol. The van der Waals surface area contributed by atoms with Gasteiger partial charge < -0.3 is 4.90 Å². The van der Waals surface area contributed by atoms with Crippen LogP contribution in [-0.4, -0.2) is 49.7 Å². The van der Waals surface area contributed by atoms with Crippen LogP contribution in [0.25, 0.3) is 0 Å². The number of rotatable bonds is 3. The van der Waals surface area contributed by atoms with Crippen molar-refractivity contribution >= 4 is 15.9 Å². The average Bonchev–Trinajstić information content (AvgIpc) is 2.90. The quantitative estimate of drug-likeness (QED) is 0.832. The topological polar surface area (TPSA) is 57.7 Å². The maximum atomic E-state index is 13.0. The fourth-order valence-corrected chi connectivity index (χ4v) is 4.68. The van der Waals surface area contributed by atoms with Crippen molar-refractivity contribution in [1.29, 1.82) is 0 Å². The highest BCUT2D eigenvalue weighted by molar-refractivity contribution is 7.89. The van der Waals surface area contributed by atoms with Crippen molar-refractivity contribution in [1.82, 2.24) is 9.21 Å². The molecular formula is C20H24N2O3S. The number of carbonyl (C=O) groups excluding carboxylic acids is 1. The van der Waals surface area contributed by atoms with Gasteiger partial charge in [0.2, 0.25) is 10.0 Å². The van der Waals surface area contributed by atoms with Crippen LogP contribution in [0.15, 0.2) is 53.4 Å². The Hall–Kier alpha value is -2.18. The Labute approximate surface area is 155 Å². The molecule has 0 aliphatic carbocycles. The molecule has 2 aromatic rings. The summed E-state index contributed by atoms with van der Waals surface area (Å²) in [6.07, 6.45) is 0.628. The molecule has 0 aromatic heterocycles. The Morgan fingerprint density at radius 2 is 1.62 bits per heavy atom. The summed E-state index contributed by atoms with van der Waals surface area (Å²) in [6.45, 7) is 5.58. The molecule has 1 heterocycles. The summed E-state index contributed by atoms with van der Waals surface area (Å²) in [5, 5.41) is 0. The molecule has 0 N–H and O–H groups in total. The molecule has 1 saturated heterocycles. The monoisotopic (exact) mass is 372 g/mol. The van der Waals surface area contributed by atoms with Gasteiger partial charge in [0.25, 0.3) is 5.91 Å². The van der Waals surface area contributed by atoms with E-state index in [-0.39, 0.29) is 5.91 Å². The van der Waals surface area contributed by atoms with Crippen LogP contribution in [0, 0.1) is 13.8 Å². The van der Waals surface area contributed by atoms with E-state index in [1.54, 1.807) is 29.2 Å². The number of hydrogen-bond donors (Lipinski definition) is 0. The van der Waals surface area contributed by atoms with Gasteiger partial charge in [-0.2, -0.15) is 4.31 Å². The summed E-state index contributed by atoms with van der Waals surface area (Å²) in [4.78, 5) is 14.7. The second-order valence-corrected chi connectivity index (χ2v) is 8.60. The van der Waals surface area contributed by atoms with Gasteiger partial charge in [0, 0.05) is 31.7 Å². The molecule has 0 atom stereocenters. The Balaban J connectivity index is 1.75. The van der Waals surface area contributed by atoms with Crippen molar-refractivity contribution in [3.63, 3.8) is 0 Å². The van der Waals surface area contributed by atoms with E-state index in [0.29, 0.717) is 43.1 Å². The van der Waals surface area contributed by atoms with Gasteiger partial charge in [-0.3, -0.25) is 4.79 Å². The van der Waals surface area contributed by atoms with Gasteiger partial charge in [0.15, 0.2) is 0 Å². The SMILES string of the molecule is Cc1ccc(S(=O)(=O)N2CCCN(C(=O)c3ccccc3)CC2)cc1C. The standard InChI is InChI=1S/C20H24N2O3S/c1-16-9-10-19(15-17(16)2)26(24,25)22-12-6-11-21(13-14-22)20(23)18-7-4-3-5-8-18/h3-5,7-10,15H,6,11-14H2,1-2H3. The third-order valence-corrected chi connectivity index (χ3v) is 6.77. The average molecular weight is 372 g/mol. The largest absolute Gasteiger partial charge is 0.337 e. The van der Waals surface area contributed by atoms with Gasteiger partial charge >= 0.3 is 0 Å². The van der Waals surface area contributed by atoms with E-state index in [4.69, 9.17) is 0 Å². The molecule has 26 heavy (non-hydrogen) atoms. The molecule has 1 amide bonds. The van der Waals surface area contributed by atoms with E-state index in [1.807, 2.05) is 38.1 Å². The minimum Gasteiger partial charge on any atom is -0.337 e. The van der Waals surface area contributed by atoms with Gasteiger partial charge in [0.1, 0.15) is 0 Å². The Bertz CT molecular complexity index is 895. The first-order chi connectivity index (χ1) is 12.4. The summed E-state index contributed by atoms with van der Waals surface area (Å²) in [5.74, 6) is -0.0453. The summed E-state index contributed by atoms with van der Waals surface area (Å²) in [6, 6.07) is 14.3. The summed E-state index contributed by atoms with van der Waals surface area (Å²) < 4.78 is 27.4.